The molecule has 1 amide bonds. The van der Waals surface area contributed by atoms with Gasteiger partial charge >= 0.3 is 0 Å². The summed E-state index contributed by atoms with van der Waals surface area (Å²) >= 11 is 0. The van der Waals surface area contributed by atoms with Crippen molar-refractivity contribution in [2.24, 2.45) is 5.41 Å². The van der Waals surface area contributed by atoms with Crippen LogP contribution in [0.4, 0.5) is 0 Å². The smallest absolute Gasteiger partial charge is 0.227 e. The molecule has 0 atom stereocenters. The lowest BCUT2D eigenvalue weighted by Gasteiger charge is -2.14. The van der Waals surface area contributed by atoms with Crippen molar-refractivity contribution in [2.45, 2.75) is 26.3 Å². The Balaban J connectivity index is 1.86. The van der Waals surface area contributed by atoms with E-state index in [1.165, 1.54) is 5.56 Å². The van der Waals surface area contributed by atoms with E-state index in [1.54, 1.807) is 0 Å². The van der Waals surface area contributed by atoms with Crippen molar-refractivity contribution in [3.63, 3.8) is 0 Å². The number of carbonyl (C=O) groups is 1. The molecule has 92 valence electrons. The van der Waals surface area contributed by atoms with Crippen LogP contribution in [0.5, 0.6) is 0 Å². The number of nitrogens with one attached hydrogen (secondary N) is 2. The molecule has 1 fully saturated rings. The molecule has 0 heterocycles. The first-order valence-electron chi connectivity index (χ1n) is 6.15. The zero-order valence-corrected chi connectivity index (χ0v) is 10.5. The van der Waals surface area contributed by atoms with Crippen molar-refractivity contribution >= 4 is 5.91 Å². The van der Waals surface area contributed by atoms with E-state index >= 15 is 0 Å². The molecule has 1 aliphatic carbocycles. The lowest BCUT2D eigenvalue weighted by atomic mass is 10.1. The maximum Gasteiger partial charge on any atom is 0.227 e. The highest BCUT2D eigenvalue weighted by Crippen LogP contribution is 2.45. The Kier molecular flexibility index (Phi) is 3.48. The van der Waals surface area contributed by atoms with Crippen LogP contribution in [0.15, 0.2) is 24.3 Å². The Morgan fingerprint density at radius 2 is 1.94 bits per heavy atom. The summed E-state index contributed by atoms with van der Waals surface area (Å²) in [6, 6.07) is 8.27. The summed E-state index contributed by atoms with van der Waals surface area (Å²) in [6.45, 7) is 3.48. The number of rotatable bonds is 5. The van der Waals surface area contributed by atoms with Crippen LogP contribution < -0.4 is 10.6 Å². The second-order valence-corrected chi connectivity index (χ2v) is 4.98. The van der Waals surface area contributed by atoms with Gasteiger partial charge in [0, 0.05) is 13.1 Å². The Morgan fingerprint density at radius 3 is 2.47 bits per heavy atom. The molecule has 1 saturated carbocycles. The minimum Gasteiger partial charge on any atom is -0.352 e. The molecule has 1 aliphatic rings. The van der Waals surface area contributed by atoms with E-state index in [0.29, 0.717) is 6.54 Å². The molecular weight excluding hydrogens is 212 g/mol. The lowest BCUT2D eigenvalue weighted by Crippen LogP contribution is -2.37. The van der Waals surface area contributed by atoms with Gasteiger partial charge in [-0.05, 0) is 32.4 Å². The second kappa shape index (κ2) is 4.88. The minimum absolute atomic E-state index is 0.126. The molecule has 3 nitrogen and oxygen atoms in total. The standard InChI is InChI=1S/C14H20N2O/c1-11-3-5-12(6-4-11)9-16-13(17)14(7-8-14)10-15-2/h3-6,15H,7-10H2,1-2H3,(H,16,17). The Morgan fingerprint density at radius 1 is 1.29 bits per heavy atom. The second-order valence-electron chi connectivity index (χ2n) is 4.98. The fourth-order valence-corrected chi connectivity index (χ4v) is 2.05. The predicted octanol–water partition coefficient (Wildman–Crippen LogP) is 1.61. The van der Waals surface area contributed by atoms with Crippen LogP contribution in [-0.2, 0) is 11.3 Å². The first-order valence-corrected chi connectivity index (χ1v) is 6.15. The molecule has 1 aromatic rings. The van der Waals surface area contributed by atoms with Crippen molar-refractivity contribution in [3.8, 4) is 0 Å². The normalized spacial score (nSPS) is 16.6. The maximum absolute atomic E-state index is 12.0. The molecule has 0 unspecified atom stereocenters. The van der Waals surface area contributed by atoms with Crippen LogP contribution in [0.1, 0.15) is 24.0 Å². The van der Waals surface area contributed by atoms with E-state index in [1.807, 2.05) is 7.05 Å². The van der Waals surface area contributed by atoms with Crippen LogP contribution >= 0.6 is 0 Å². The largest absolute Gasteiger partial charge is 0.352 e. The van der Waals surface area contributed by atoms with Gasteiger partial charge in [-0.25, -0.2) is 0 Å². The summed E-state index contributed by atoms with van der Waals surface area (Å²) in [6.07, 6.45) is 2.02. The van der Waals surface area contributed by atoms with Gasteiger partial charge in [-0.3, -0.25) is 4.79 Å². The topological polar surface area (TPSA) is 41.1 Å². The average molecular weight is 232 g/mol. The average Bonchev–Trinajstić information content (AvgIpc) is 3.09. The molecule has 0 aliphatic heterocycles. The zero-order valence-electron chi connectivity index (χ0n) is 10.5. The SMILES string of the molecule is CNCC1(C(=O)NCc2ccc(C)cc2)CC1. The number of benzene rings is 1. The van der Waals surface area contributed by atoms with Gasteiger partial charge in [0.05, 0.1) is 5.41 Å². The predicted molar refractivity (Wildman–Crippen MR) is 68.6 cm³/mol. The Hall–Kier alpha value is -1.35. The molecule has 0 saturated heterocycles. The van der Waals surface area contributed by atoms with E-state index in [0.717, 1.165) is 24.9 Å². The third-order valence-electron chi connectivity index (χ3n) is 3.42. The van der Waals surface area contributed by atoms with Gasteiger partial charge in [-0.1, -0.05) is 29.8 Å². The first-order chi connectivity index (χ1) is 8.16. The summed E-state index contributed by atoms with van der Waals surface area (Å²) < 4.78 is 0. The highest BCUT2D eigenvalue weighted by molar-refractivity contribution is 5.85. The quantitative estimate of drug-likeness (QED) is 0.810. The molecule has 1 aromatic carbocycles. The van der Waals surface area contributed by atoms with Gasteiger partial charge < -0.3 is 10.6 Å². The van der Waals surface area contributed by atoms with Gasteiger partial charge in [0.2, 0.25) is 5.91 Å². The number of carbonyl (C=O) groups excluding carboxylic acids is 1. The van der Waals surface area contributed by atoms with Crippen molar-refractivity contribution in [1.82, 2.24) is 10.6 Å². The molecule has 0 spiro atoms. The van der Waals surface area contributed by atoms with E-state index in [4.69, 9.17) is 0 Å². The number of hydrogen-bond acceptors (Lipinski definition) is 2. The summed E-state index contributed by atoms with van der Waals surface area (Å²) in [5.74, 6) is 0.187. The van der Waals surface area contributed by atoms with Gasteiger partial charge in [0.1, 0.15) is 0 Å². The highest BCUT2D eigenvalue weighted by atomic mass is 16.2. The lowest BCUT2D eigenvalue weighted by molar-refractivity contribution is -0.126. The molecule has 0 bridgehead atoms. The molecule has 0 radical (unpaired) electrons. The number of aryl methyl sites for hydroxylation is 1. The maximum atomic E-state index is 12.0. The molecule has 2 N–H and O–H groups in total. The van der Waals surface area contributed by atoms with Gasteiger partial charge in [-0.15, -0.1) is 0 Å². The summed E-state index contributed by atoms with van der Waals surface area (Å²) in [4.78, 5) is 12.0. The van der Waals surface area contributed by atoms with Crippen LogP contribution in [0.25, 0.3) is 0 Å². The molecular formula is C14H20N2O. The molecule has 17 heavy (non-hydrogen) atoms. The highest BCUT2D eigenvalue weighted by Gasteiger charge is 2.48. The van der Waals surface area contributed by atoms with E-state index < -0.39 is 0 Å². The first kappa shape index (κ1) is 12.1. The third-order valence-corrected chi connectivity index (χ3v) is 3.42. The minimum atomic E-state index is -0.126. The fourth-order valence-electron chi connectivity index (χ4n) is 2.05. The monoisotopic (exact) mass is 232 g/mol. The van der Waals surface area contributed by atoms with Gasteiger partial charge in [0.15, 0.2) is 0 Å². The van der Waals surface area contributed by atoms with Crippen molar-refractivity contribution in [3.05, 3.63) is 35.4 Å². The molecule has 0 aromatic heterocycles. The van der Waals surface area contributed by atoms with Crippen LogP contribution in [0.2, 0.25) is 0 Å². The molecule has 3 heteroatoms. The summed E-state index contributed by atoms with van der Waals surface area (Å²) in [5, 5.41) is 6.12. The number of amides is 1. The summed E-state index contributed by atoms with van der Waals surface area (Å²) in [5.41, 5.74) is 2.28. The van der Waals surface area contributed by atoms with Gasteiger partial charge in [-0.2, -0.15) is 0 Å². The van der Waals surface area contributed by atoms with Crippen LogP contribution in [0.3, 0.4) is 0 Å². The van der Waals surface area contributed by atoms with Crippen LogP contribution in [-0.4, -0.2) is 19.5 Å². The van der Waals surface area contributed by atoms with Crippen molar-refractivity contribution in [1.29, 1.82) is 0 Å². The van der Waals surface area contributed by atoms with Crippen molar-refractivity contribution in [2.75, 3.05) is 13.6 Å². The Bertz CT molecular complexity index is 393. The Labute approximate surface area is 103 Å². The van der Waals surface area contributed by atoms with E-state index in [-0.39, 0.29) is 11.3 Å². The third kappa shape index (κ3) is 2.86. The van der Waals surface area contributed by atoms with E-state index in [2.05, 4.69) is 41.8 Å². The zero-order chi connectivity index (χ0) is 12.3. The van der Waals surface area contributed by atoms with Crippen molar-refractivity contribution < 1.29 is 4.79 Å². The molecule has 2 rings (SSSR count). The van der Waals surface area contributed by atoms with Crippen LogP contribution in [0, 0.1) is 12.3 Å². The summed E-state index contributed by atoms with van der Waals surface area (Å²) in [7, 11) is 1.90. The van der Waals surface area contributed by atoms with Gasteiger partial charge in [0.25, 0.3) is 0 Å². The van der Waals surface area contributed by atoms with E-state index in [9.17, 15) is 4.79 Å². The fraction of sp³-hybridized carbons (Fsp3) is 0.500. The number of hydrogen-bond donors (Lipinski definition) is 2.